The molecule has 21 heavy (non-hydrogen) atoms. The molecule has 0 aromatic heterocycles. The van der Waals surface area contributed by atoms with Crippen LogP contribution in [-0.4, -0.2) is 43.7 Å². The number of halogens is 1. The first-order valence-electron chi connectivity index (χ1n) is 7.49. The minimum Gasteiger partial charge on any atom is -0.378 e. The Morgan fingerprint density at radius 3 is 3.05 bits per heavy atom. The van der Waals surface area contributed by atoms with Gasteiger partial charge >= 0.3 is 0 Å². The molecule has 1 unspecified atom stereocenters. The van der Waals surface area contributed by atoms with Crippen molar-refractivity contribution >= 4 is 11.6 Å². The second-order valence-corrected chi connectivity index (χ2v) is 5.57. The van der Waals surface area contributed by atoms with Crippen LogP contribution in [0.2, 0.25) is 0 Å². The number of rotatable bonds is 6. The van der Waals surface area contributed by atoms with E-state index in [-0.39, 0.29) is 11.7 Å². The van der Waals surface area contributed by atoms with Gasteiger partial charge in [0, 0.05) is 18.8 Å². The number of carbonyl (C=O) groups excluding carboxylic acids is 1. The fourth-order valence-corrected chi connectivity index (χ4v) is 2.49. The lowest BCUT2D eigenvalue weighted by Gasteiger charge is -2.25. The van der Waals surface area contributed by atoms with Crippen LogP contribution >= 0.6 is 0 Å². The molecule has 1 amide bonds. The molecular formula is C16H23FN2O2. The van der Waals surface area contributed by atoms with E-state index in [1.807, 2.05) is 11.9 Å². The van der Waals surface area contributed by atoms with Gasteiger partial charge in [-0.2, -0.15) is 0 Å². The molecule has 0 bridgehead atoms. The van der Waals surface area contributed by atoms with Gasteiger partial charge in [0.25, 0.3) is 0 Å². The quantitative estimate of drug-likeness (QED) is 0.877. The van der Waals surface area contributed by atoms with Crippen LogP contribution in [0.1, 0.15) is 25.7 Å². The van der Waals surface area contributed by atoms with Crippen molar-refractivity contribution in [1.29, 1.82) is 0 Å². The van der Waals surface area contributed by atoms with Crippen LogP contribution in [0, 0.1) is 5.82 Å². The first kappa shape index (κ1) is 15.9. The summed E-state index contributed by atoms with van der Waals surface area (Å²) in [6.45, 7) is 1.97. The second kappa shape index (κ2) is 8.10. The smallest absolute Gasteiger partial charge is 0.238 e. The number of likely N-dealkylation sites (N-methyl/N-ethyl adjacent to an activating group) is 1. The van der Waals surface area contributed by atoms with Gasteiger partial charge in [-0.3, -0.25) is 9.69 Å². The van der Waals surface area contributed by atoms with Gasteiger partial charge in [-0.05, 0) is 50.9 Å². The Morgan fingerprint density at radius 2 is 2.33 bits per heavy atom. The molecule has 0 radical (unpaired) electrons. The maximum absolute atomic E-state index is 13.0. The fraction of sp³-hybridized carbons (Fsp3) is 0.562. The van der Waals surface area contributed by atoms with Crippen LogP contribution in [0.3, 0.4) is 0 Å². The highest BCUT2D eigenvalue weighted by Crippen LogP contribution is 2.15. The predicted octanol–water partition coefficient (Wildman–Crippen LogP) is 2.66. The zero-order chi connectivity index (χ0) is 15.1. The predicted molar refractivity (Wildman–Crippen MR) is 80.7 cm³/mol. The van der Waals surface area contributed by atoms with Crippen molar-refractivity contribution in [3.63, 3.8) is 0 Å². The topological polar surface area (TPSA) is 41.6 Å². The molecule has 1 aromatic carbocycles. The summed E-state index contributed by atoms with van der Waals surface area (Å²) in [5, 5.41) is 2.70. The van der Waals surface area contributed by atoms with E-state index in [9.17, 15) is 9.18 Å². The number of ether oxygens (including phenoxy) is 1. The summed E-state index contributed by atoms with van der Waals surface area (Å²) in [6.07, 6.45) is 4.77. The van der Waals surface area contributed by atoms with Crippen molar-refractivity contribution in [2.24, 2.45) is 0 Å². The average molecular weight is 294 g/mol. The third-order valence-electron chi connectivity index (χ3n) is 3.63. The normalized spacial score (nSPS) is 18.7. The summed E-state index contributed by atoms with van der Waals surface area (Å²) in [5.74, 6) is -0.483. The van der Waals surface area contributed by atoms with E-state index in [4.69, 9.17) is 4.74 Å². The Bertz CT molecular complexity index is 461. The third kappa shape index (κ3) is 5.81. The second-order valence-electron chi connectivity index (χ2n) is 5.57. The standard InChI is InChI=1S/C16H23FN2O2/c1-19(9-8-15-7-2-3-10-21-15)12-16(20)18-14-6-4-5-13(17)11-14/h4-6,11,15H,2-3,7-10,12H2,1H3,(H,18,20). The SMILES string of the molecule is CN(CCC1CCCCO1)CC(=O)Nc1cccc(F)c1. The molecule has 1 heterocycles. The number of nitrogens with zero attached hydrogens (tertiary/aromatic N) is 1. The number of hydrogen-bond acceptors (Lipinski definition) is 3. The highest BCUT2D eigenvalue weighted by Gasteiger charge is 2.15. The Hall–Kier alpha value is -1.46. The van der Waals surface area contributed by atoms with Crippen molar-refractivity contribution in [3.8, 4) is 0 Å². The summed E-state index contributed by atoms with van der Waals surface area (Å²) in [5.41, 5.74) is 0.490. The van der Waals surface area contributed by atoms with E-state index >= 15 is 0 Å². The molecule has 1 aliphatic heterocycles. The molecule has 1 aliphatic rings. The van der Waals surface area contributed by atoms with Crippen molar-refractivity contribution in [1.82, 2.24) is 4.90 Å². The minimum atomic E-state index is -0.351. The van der Waals surface area contributed by atoms with E-state index in [0.29, 0.717) is 18.3 Å². The van der Waals surface area contributed by atoms with Crippen molar-refractivity contribution < 1.29 is 13.9 Å². The molecule has 1 N–H and O–H groups in total. The van der Waals surface area contributed by atoms with E-state index in [0.717, 1.165) is 32.4 Å². The largest absolute Gasteiger partial charge is 0.378 e. The average Bonchev–Trinajstić information content (AvgIpc) is 2.46. The molecule has 5 heteroatoms. The van der Waals surface area contributed by atoms with Gasteiger partial charge in [0.05, 0.1) is 12.6 Å². The first-order chi connectivity index (χ1) is 10.1. The summed E-state index contributed by atoms with van der Waals surface area (Å²) in [4.78, 5) is 13.8. The number of benzene rings is 1. The maximum Gasteiger partial charge on any atom is 0.238 e. The monoisotopic (exact) mass is 294 g/mol. The molecule has 1 saturated heterocycles. The molecule has 1 atom stereocenters. The zero-order valence-corrected chi connectivity index (χ0v) is 12.5. The van der Waals surface area contributed by atoms with Crippen LogP contribution in [0.5, 0.6) is 0 Å². The highest BCUT2D eigenvalue weighted by atomic mass is 19.1. The van der Waals surface area contributed by atoms with Crippen LogP contribution in [0.25, 0.3) is 0 Å². The number of carbonyl (C=O) groups is 1. The first-order valence-corrected chi connectivity index (χ1v) is 7.49. The highest BCUT2D eigenvalue weighted by molar-refractivity contribution is 5.92. The van der Waals surface area contributed by atoms with E-state index in [1.54, 1.807) is 12.1 Å². The van der Waals surface area contributed by atoms with Gasteiger partial charge < -0.3 is 10.1 Å². The Kier molecular flexibility index (Phi) is 6.14. The lowest BCUT2D eigenvalue weighted by molar-refractivity contribution is -0.117. The van der Waals surface area contributed by atoms with E-state index < -0.39 is 0 Å². The summed E-state index contributed by atoms with van der Waals surface area (Å²) < 4.78 is 18.7. The fourth-order valence-electron chi connectivity index (χ4n) is 2.49. The lowest BCUT2D eigenvalue weighted by atomic mass is 10.1. The third-order valence-corrected chi connectivity index (χ3v) is 3.63. The molecule has 1 fully saturated rings. The van der Waals surface area contributed by atoms with Gasteiger partial charge in [-0.15, -0.1) is 0 Å². The Morgan fingerprint density at radius 1 is 1.48 bits per heavy atom. The molecular weight excluding hydrogens is 271 g/mol. The number of hydrogen-bond donors (Lipinski definition) is 1. The van der Waals surface area contributed by atoms with Crippen LogP contribution in [0.4, 0.5) is 10.1 Å². The zero-order valence-electron chi connectivity index (χ0n) is 12.5. The van der Waals surface area contributed by atoms with Gasteiger partial charge in [0.15, 0.2) is 0 Å². The summed E-state index contributed by atoms with van der Waals surface area (Å²) in [7, 11) is 1.91. The van der Waals surface area contributed by atoms with Crippen molar-refractivity contribution in [2.45, 2.75) is 31.8 Å². The summed E-state index contributed by atoms with van der Waals surface area (Å²) >= 11 is 0. The van der Waals surface area contributed by atoms with Crippen LogP contribution in [0.15, 0.2) is 24.3 Å². The Balaban J connectivity index is 1.69. The molecule has 1 aromatic rings. The van der Waals surface area contributed by atoms with Gasteiger partial charge in [-0.1, -0.05) is 6.07 Å². The molecule has 4 nitrogen and oxygen atoms in total. The minimum absolute atomic E-state index is 0.132. The number of anilines is 1. The molecule has 116 valence electrons. The maximum atomic E-state index is 13.0. The van der Waals surface area contributed by atoms with Crippen LogP contribution in [-0.2, 0) is 9.53 Å². The lowest BCUT2D eigenvalue weighted by Crippen LogP contribution is -2.33. The van der Waals surface area contributed by atoms with Gasteiger partial charge in [0.2, 0.25) is 5.91 Å². The van der Waals surface area contributed by atoms with E-state index in [2.05, 4.69) is 5.32 Å². The number of nitrogens with one attached hydrogen (secondary N) is 1. The molecule has 0 aliphatic carbocycles. The van der Waals surface area contributed by atoms with E-state index in [1.165, 1.54) is 18.6 Å². The van der Waals surface area contributed by atoms with Crippen molar-refractivity contribution in [2.75, 3.05) is 32.1 Å². The van der Waals surface area contributed by atoms with Crippen molar-refractivity contribution in [3.05, 3.63) is 30.1 Å². The molecule has 2 rings (SSSR count). The molecule has 0 spiro atoms. The molecule has 0 saturated carbocycles. The van der Waals surface area contributed by atoms with Gasteiger partial charge in [-0.25, -0.2) is 4.39 Å². The van der Waals surface area contributed by atoms with Crippen LogP contribution < -0.4 is 5.32 Å². The van der Waals surface area contributed by atoms with Gasteiger partial charge in [0.1, 0.15) is 5.82 Å². The number of amides is 1. The Labute approximate surface area is 125 Å². The summed E-state index contributed by atoms with van der Waals surface area (Å²) in [6, 6.07) is 5.92.